The Kier molecular flexibility index (Phi) is 4.63. The van der Waals surface area contributed by atoms with Crippen LogP contribution >= 0.6 is 11.6 Å². The first-order valence-corrected chi connectivity index (χ1v) is 5.08. The van der Waals surface area contributed by atoms with E-state index in [2.05, 4.69) is 24.3 Å². The highest BCUT2D eigenvalue weighted by Crippen LogP contribution is 2.07. The molecule has 0 fully saturated rings. The van der Waals surface area contributed by atoms with Gasteiger partial charge in [0.1, 0.15) is 0 Å². The van der Waals surface area contributed by atoms with E-state index in [9.17, 15) is 0 Å². The molecule has 0 spiro atoms. The van der Waals surface area contributed by atoms with Crippen molar-refractivity contribution < 1.29 is 0 Å². The molecule has 0 aliphatic carbocycles. The average Bonchev–Trinajstić information content (AvgIpc) is 2.14. The van der Waals surface area contributed by atoms with Crippen molar-refractivity contribution in [2.75, 3.05) is 0 Å². The molecule has 0 saturated heterocycles. The van der Waals surface area contributed by atoms with E-state index in [4.69, 9.17) is 11.6 Å². The Morgan fingerprint density at radius 1 is 1.31 bits per heavy atom. The summed E-state index contributed by atoms with van der Waals surface area (Å²) in [6.07, 6.45) is 6.41. The van der Waals surface area contributed by atoms with E-state index in [1.165, 1.54) is 5.56 Å². The van der Waals surface area contributed by atoms with Crippen molar-refractivity contribution in [3.05, 3.63) is 42.0 Å². The lowest BCUT2D eigenvalue weighted by Gasteiger charge is -1.96. The Morgan fingerprint density at radius 2 is 2.00 bits per heavy atom. The molecule has 13 heavy (non-hydrogen) atoms. The van der Waals surface area contributed by atoms with Gasteiger partial charge in [0.25, 0.3) is 0 Å². The number of hydrogen-bond donors (Lipinski definition) is 0. The molecule has 0 radical (unpaired) electrons. The second-order valence-corrected chi connectivity index (χ2v) is 3.92. The van der Waals surface area contributed by atoms with Gasteiger partial charge in [0, 0.05) is 5.38 Å². The van der Waals surface area contributed by atoms with Gasteiger partial charge in [-0.15, -0.1) is 11.6 Å². The lowest BCUT2D eigenvalue weighted by Crippen LogP contribution is -1.87. The molecule has 1 atom stereocenters. The Bertz CT molecular complexity index is 249. The quantitative estimate of drug-likeness (QED) is 0.633. The second kappa shape index (κ2) is 5.82. The van der Waals surface area contributed by atoms with Crippen molar-refractivity contribution >= 4 is 17.7 Å². The van der Waals surface area contributed by atoms with Gasteiger partial charge in [-0.2, -0.15) is 0 Å². The number of allylic oxidation sites excluding steroid dienone is 1. The third-order valence-corrected chi connectivity index (χ3v) is 2.06. The Morgan fingerprint density at radius 3 is 2.62 bits per heavy atom. The van der Waals surface area contributed by atoms with Crippen LogP contribution in [0.5, 0.6) is 0 Å². The molecule has 1 rings (SSSR count). The van der Waals surface area contributed by atoms with Crippen LogP contribution in [0.25, 0.3) is 6.08 Å². The fraction of sp³-hybridized carbons (Fsp3) is 0.333. The average molecular weight is 195 g/mol. The Hall–Kier alpha value is -0.750. The second-order valence-electron chi connectivity index (χ2n) is 3.17. The topological polar surface area (TPSA) is 0 Å². The first-order valence-electron chi connectivity index (χ1n) is 4.64. The van der Waals surface area contributed by atoms with Crippen LogP contribution in [0.4, 0.5) is 0 Å². The van der Waals surface area contributed by atoms with Crippen LogP contribution in [0.1, 0.15) is 25.3 Å². The molecule has 0 nitrogen and oxygen atoms in total. The highest BCUT2D eigenvalue weighted by molar-refractivity contribution is 6.20. The smallest absolute Gasteiger partial charge is 0.0310 e. The predicted molar refractivity (Wildman–Crippen MR) is 60.0 cm³/mol. The van der Waals surface area contributed by atoms with Gasteiger partial charge in [-0.05, 0) is 25.3 Å². The number of alkyl halides is 1. The molecule has 0 N–H and O–H groups in total. The van der Waals surface area contributed by atoms with Crippen molar-refractivity contribution in [3.8, 4) is 0 Å². The first kappa shape index (κ1) is 10.3. The van der Waals surface area contributed by atoms with Crippen molar-refractivity contribution in [3.63, 3.8) is 0 Å². The van der Waals surface area contributed by atoms with E-state index in [1.54, 1.807) is 0 Å². The molecule has 0 amide bonds. The molecule has 0 bridgehead atoms. The first-order chi connectivity index (χ1) is 6.29. The molecule has 0 saturated carbocycles. The van der Waals surface area contributed by atoms with Crippen LogP contribution in [0.2, 0.25) is 0 Å². The van der Waals surface area contributed by atoms with Crippen LogP contribution in [0.15, 0.2) is 36.4 Å². The minimum Gasteiger partial charge on any atom is -0.123 e. The zero-order valence-corrected chi connectivity index (χ0v) is 8.67. The molecule has 1 unspecified atom stereocenters. The summed E-state index contributed by atoms with van der Waals surface area (Å²) in [7, 11) is 0. The summed E-state index contributed by atoms with van der Waals surface area (Å²) in [6.45, 7) is 2.03. The Labute approximate surface area is 85.2 Å². The van der Waals surface area contributed by atoms with Gasteiger partial charge in [0.05, 0.1) is 0 Å². The van der Waals surface area contributed by atoms with Crippen LogP contribution in [-0.2, 0) is 0 Å². The van der Waals surface area contributed by atoms with E-state index in [1.807, 2.05) is 25.1 Å². The predicted octanol–water partition coefficient (Wildman–Crippen LogP) is 4.11. The monoisotopic (exact) mass is 194 g/mol. The summed E-state index contributed by atoms with van der Waals surface area (Å²) in [5.74, 6) is 0. The highest BCUT2D eigenvalue weighted by Gasteiger charge is 1.91. The van der Waals surface area contributed by atoms with Crippen molar-refractivity contribution in [1.82, 2.24) is 0 Å². The Balaban J connectivity index is 2.33. The summed E-state index contributed by atoms with van der Waals surface area (Å²) < 4.78 is 0. The zero-order chi connectivity index (χ0) is 9.52. The maximum Gasteiger partial charge on any atom is 0.0310 e. The minimum atomic E-state index is 0.278. The van der Waals surface area contributed by atoms with Gasteiger partial charge in [0.15, 0.2) is 0 Å². The maximum atomic E-state index is 5.83. The summed E-state index contributed by atoms with van der Waals surface area (Å²) in [5, 5.41) is 0.278. The third-order valence-electron chi connectivity index (χ3n) is 1.84. The highest BCUT2D eigenvalue weighted by atomic mass is 35.5. The number of rotatable bonds is 4. The van der Waals surface area contributed by atoms with Crippen LogP contribution in [0, 0.1) is 0 Å². The molecule has 0 aliphatic heterocycles. The van der Waals surface area contributed by atoms with E-state index in [0.29, 0.717) is 0 Å². The normalized spacial score (nSPS) is 13.4. The van der Waals surface area contributed by atoms with Crippen molar-refractivity contribution in [2.24, 2.45) is 0 Å². The van der Waals surface area contributed by atoms with Crippen LogP contribution in [-0.4, -0.2) is 5.38 Å². The molecule has 1 aromatic carbocycles. The van der Waals surface area contributed by atoms with Gasteiger partial charge in [-0.25, -0.2) is 0 Å². The number of halogens is 1. The molecule has 1 aromatic rings. The lowest BCUT2D eigenvalue weighted by atomic mass is 10.2. The van der Waals surface area contributed by atoms with E-state index in [-0.39, 0.29) is 5.38 Å². The standard InChI is InChI=1S/C12H15Cl/c1-11(13)7-5-6-10-12-8-3-2-4-9-12/h2-4,6,8-11H,5,7H2,1H3. The summed E-state index contributed by atoms with van der Waals surface area (Å²) in [5.41, 5.74) is 1.25. The molecular weight excluding hydrogens is 180 g/mol. The largest absolute Gasteiger partial charge is 0.123 e. The van der Waals surface area contributed by atoms with Gasteiger partial charge < -0.3 is 0 Å². The molecule has 0 aromatic heterocycles. The maximum absolute atomic E-state index is 5.83. The number of benzene rings is 1. The van der Waals surface area contributed by atoms with Gasteiger partial charge in [-0.3, -0.25) is 0 Å². The summed E-state index contributed by atoms with van der Waals surface area (Å²) >= 11 is 5.83. The SMILES string of the molecule is CC(Cl)CCC=Cc1ccccc1. The van der Waals surface area contributed by atoms with Gasteiger partial charge >= 0.3 is 0 Å². The fourth-order valence-electron chi connectivity index (χ4n) is 1.11. The molecule has 0 aliphatic rings. The van der Waals surface area contributed by atoms with E-state index >= 15 is 0 Å². The van der Waals surface area contributed by atoms with Gasteiger partial charge in [-0.1, -0.05) is 42.5 Å². The lowest BCUT2D eigenvalue weighted by molar-refractivity contribution is 0.825. The van der Waals surface area contributed by atoms with Crippen molar-refractivity contribution in [1.29, 1.82) is 0 Å². The molecule has 0 heterocycles. The molecule has 70 valence electrons. The van der Waals surface area contributed by atoms with E-state index < -0.39 is 0 Å². The van der Waals surface area contributed by atoms with E-state index in [0.717, 1.165) is 12.8 Å². The van der Waals surface area contributed by atoms with Crippen LogP contribution in [0.3, 0.4) is 0 Å². The minimum absolute atomic E-state index is 0.278. The summed E-state index contributed by atoms with van der Waals surface area (Å²) in [6, 6.07) is 10.3. The molecular formula is C12H15Cl. The van der Waals surface area contributed by atoms with Gasteiger partial charge in [0.2, 0.25) is 0 Å². The fourth-order valence-corrected chi connectivity index (χ4v) is 1.24. The third kappa shape index (κ3) is 4.74. The van der Waals surface area contributed by atoms with Crippen molar-refractivity contribution in [2.45, 2.75) is 25.1 Å². The summed E-state index contributed by atoms with van der Waals surface area (Å²) in [4.78, 5) is 0. The van der Waals surface area contributed by atoms with Crippen LogP contribution < -0.4 is 0 Å². The zero-order valence-electron chi connectivity index (χ0n) is 7.91. The number of hydrogen-bond acceptors (Lipinski definition) is 0. The molecule has 1 heteroatoms.